The van der Waals surface area contributed by atoms with Gasteiger partial charge in [0.25, 0.3) is 5.97 Å². The Hall–Kier alpha value is -1.67. The Morgan fingerprint density at radius 2 is 1.47 bits per heavy atom. The maximum atomic E-state index is 9.99. The van der Waals surface area contributed by atoms with Crippen LogP contribution in [-0.2, 0) is 14.4 Å². The first-order valence-electron chi connectivity index (χ1n) is 5.67. The molecule has 0 heterocycles. The molecule has 0 aliphatic rings. The van der Waals surface area contributed by atoms with Crippen LogP contribution < -0.4 is 0 Å². The van der Waals surface area contributed by atoms with Crippen LogP contribution in [0, 0.1) is 0 Å². The number of rotatable bonds is 7. The summed E-state index contributed by atoms with van der Waals surface area (Å²) in [5.74, 6) is -1.54. The summed E-state index contributed by atoms with van der Waals surface area (Å²) >= 11 is 0. The van der Waals surface area contributed by atoms with Gasteiger partial charge in [-0.3, -0.25) is 14.4 Å². The Kier molecular flexibility index (Phi) is 22.1. The molecule has 8 nitrogen and oxygen atoms in total. The van der Waals surface area contributed by atoms with Gasteiger partial charge < -0.3 is 25.3 Å². The van der Waals surface area contributed by atoms with Crippen LogP contribution in [0.5, 0.6) is 0 Å². The van der Waals surface area contributed by atoms with Crippen molar-refractivity contribution in [1.82, 2.24) is 4.90 Å². The fourth-order valence-electron chi connectivity index (χ4n) is 0.688. The Labute approximate surface area is 112 Å². The summed E-state index contributed by atoms with van der Waals surface area (Å²) < 4.78 is 0. The van der Waals surface area contributed by atoms with Gasteiger partial charge in [-0.15, -0.1) is 0 Å². The number of aliphatic hydroxyl groups is 2. The van der Waals surface area contributed by atoms with Crippen LogP contribution >= 0.6 is 0 Å². The molecule has 114 valence electrons. The number of carboxylic acid groups (broad SMARTS) is 2. The van der Waals surface area contributed by atoms with Crippen LogP contribution in [0.1, 0.15) is 26.7 Å². The van der Waals surface area contributed by atoms with Crippen LogP contribution in [-0.4, -0.2) is 70.0 Å². The summed E-state index contributed by atoms with van der Waals surface area (Å²) in [5.41, 5.74) is 0. The first kappa shape index (κ1) is 22.5. The van der Waals surface area contributed by atoms with E-state index in [2.05, 4.69) is 0 Å². The van der Waals surface area contributed by atoms with E-state index in [-0.39, 0.29) is 13.2 Å². The van der Waals surface area contributed by atoms with Crippen LogP contribution in [0.15, 0.2) is 0 Å². The fraction of sp³-hybridized carbons (Fsp3) is 0.727. The highest BCUT2D eigenvalue weighted by atomic mass is 16.4. The minimum absolute atomic E-state index is 0.0568. The van der Waals surface area contributed by atoms with Crippen molar-refractivity contribution in [2.24, 2.45) is 0 Å². The van der Waals surface area contributed by atoms with E-state index in [1.54, 1.807) is 0 Å². The number of carbonyl (C=O) groups is 3. The van der Waals surface area contributed by atoms with Gasteiger partial charge in [0, 0.05) is 26.4 Å². The first-order chi connectivity index (χ1) is 8.85. The number of nitrogens with zero attached hydrogens (tertiary/aromatic N) is 1. The zero-order valence-electron chi connectivity index (χ0n) is 11.3. The average molecular weight is 281 g/mol. The van der Waals surface area contributed by atoms with Crippen molar-refractivity contribution in [3.05, 3.63) is 0 Å². The van der Waals surface area contributed by atoms with Crippen LogP contribution in [0.4, 0.5) is 0 Å². The summed E-state index contributed by atoms with van der Waals surface area (Å²) in [7, 11) is 0. The van der Waals surface area contributed by atoms with E-state index in [1.807, 2.05) is 6.92 Å². The monoisotopic (exact) mass is 281 g/mol. The van der Waals surface area contributed by atoms with E-state index in [4.69, 9.17) is 25.2 Å². The quantitative estimate of drug-likeness (QED) is 0.457. The third kappa shape index (κ3) is 38.5. The van der Waals surface area contributed by atoms with Crippen LogP contribution in [0.25, 0.3) is 0 Å². The first-order valence-corrected chi connectivity index (χ1v) is 5.67. The molecule has 0 aromatic carbocycles. The number of carboxylic acids is 2. The molecule has 19 heavy (non-hydrogen) atoms. The van der Waals surface area contributed by atoms with Gasteiger partial charge in [0.05, 0.1) is 13.2 Å². The number of aliphatic hydroxyl groups excluding tert-OH is 2. The molecule has 0 saturated carbocycles. The second-order valence-electron chi connectivity index (χ2n) is 3.25. The van der Waals surface area contributed by atoms with Crippen LogP contribution in [0.3, 0.4) is 0 Å². The van der Waals surface area contributed by atoms with Gasteiger partial charge in [-0.05, 0) is 6.42 Å². The van der Waals surface area contributed by atoms with Gasteiger partial charge in [0.2, 0.25) is 6.41 Å². The molecular weight excluding hydrogens is 258 g/mol. The van der Waals surface area contributed by atoms with Crippen molar-refractivity contribution < 1.29 is 34.8 Å². The summed E-state index contributed by atoms with van der Waals surface area (Å²) in [4.78, 5) is 29.9. The molecule has 0 aliphatic heterocycles. The largest absolute Gasteiger partial charge is 0.481 e. The van der Waals surface area contributed by atoms with Crippen molar-refractivity contribution in [3.8, 4) is 0 Å². The predicted molar refractivity (Wildman–Crippen MR) is 67.7 cm³/mol. The molecule has 0 aromatic rings. The number of carbonyl (C=O) groups excluding carboxylic acids is 1. The molecule has 0 fully saturated rings. The molecule has 0 saturated heterocycles. The molecule has 0 spiro atoms. The van der Waals surface area contributed by atoms with E-state index in [0.29, 0.717) is 25.9 Å². The van der Waals surface area contributed by atoms with Crippen molar-refractivity contribution in [1.29, 1.82) is 0 Å². The predicted octanol–water partition coefficient (Wildman–Crippen LogP) is -0.609. The van der Waals surface area contributed by atoms with E-state index >= 15 is 0 Å². The van der Waals surface area contributed by atoms with E-state index < -0.39 is 11.9 Å². The molecule has 0 radical (unpaired) electrons. The maximum absolute atomic E-state index is 9.99. The minimum Gasteiger partial charge on any atom is -0.481 e. The van der Waals surface area contributed by atoms with Crippen molar-refractivity contribution in [3.63, 3.8) is 0 Å². The van der Waals surface area contributed by atoms with Gasteiger partial charge in [0.15, 0.2) is 0 Å². The summed E-state index contributed by atoms with van der Waals surface area (Å²) in [6.45, 7) is 3.40. The highest BCUT2D eigenvalue weighted by molar-refractivity contribution is 5.66. The molecule has 8 heteroatoms. The summed E-state index contributed by atoms with van der Waals surface area (Å²) in [5, 5.41) is 32.0. The lowest BCUT2D eigenvalue weighted by Gasteiger charge is -2.12. The Morgan fingerprint density at radius 3 is 1.58 bits per heavy atom. The van der Waals surface area contributed by atoms with Crippen molar-refractivity contribution >= 4 is 18.3 Å². The maximum Gasteiger partial charge on any atom is 0.303 e. The molecule has 0 bridgehead atoms. The lowest BCUT2D eigenvalue weighted by atomic mass is 10.4. The molecule has 1 amide bonds. The Balaban J connectivity index is -0.000000222. The van der Waals surface area contributed by atoms with Gasteiger partial charge in [-0.1, -0.05) is 6.92 Å². The lowest BCUT2D eigenvalue weighted by molar-refractivity contribution is -0.137. The number of aliphatic carboxylic acids is 2. The fourth-order valence-corrected chi connectivity index (χ4v) is 0.688. The van der Waals surface area contributed by atoms with Gasteiger partial charge >= 0.3 is 5.97 Å². The van der Waals surface area contributed by atoms with Crippen molar-refractivity contribution in [2.45, 2.75) is 26.7 Å². The normalized spacial score (nSPS) is 8.21. The molecular formula is C11H23NO7. The van der Waals surface area contributed by atoms with Gasteiger partial charge in [-0.2, -0.15) is 0 Å². The lowest BCUT2D eigenvalue weighted by Crippen LogP contribution is -2.28. The molecule has 0 rings (SSSR count). The number of hydrogen-bond donors (Lipinski definition) is 4. The van der Waals surface area contributed by atoms with Crippen LogP contribution in [0.2, 0.25) is 0 Å². The molecule has 4 N–H and O–H groups in total. The third-order valence-corrected chi connectivity index (χ3v) is 1.39. The summed E-state index contributed by atoms with van der Waals surface area (Å²) in [6, 6.07) is 0. The SMILES string of the molecule is CC(=O)O.CCCC(=O)O.O=CN(CCO)CCO. The standard InChI is InChI=1S/C5H11NO3.C4H8O2.C2H4O2/c7-3-1-6(5-9)2-4-8;1-2-3-4(5)6;1-2(3)4/h5,7-8H,1-4H2;2-3H2,1H3,(H,5,6);1H3,(H,3,4). The zero-order valence-corrected chi connectivity index (χ0v) is 11.3. The van der Waals surface area contributed by atoms with E-state index in [0.717, 1.165) is 13.3 Å². The topological polar surface area (TPSA) is 135 Å². The number of hydrogen-bond acceptors (Lipinski definition) is 5. The average Bonchev–Trinajstić information content (AvgIpc) is 2.28. The minimum atomic E-state index is -0.833. The number of amides is 1. The van der Waals surface area contributed by atoms with E-state index in [1.165, 1.54) is 4.90 Å². The summed E-state index contributed by atoms with van der Waals surface area (Å²) in [6.07, 6.45) is 1.63. The molecule has 0 aromatic heterocycles. The highest BCUT2D eigenvalue weighted by Crippen LogP contribution is 1.82. The Bertz CT molecular complexity index is 223. The molecule has 0 atom stereocenters. The molecule has 0 aliphatic carbocycles. The highest BCUT2D eigenvalue weighted by Gasteiger charge is 1.96. The smallest absolute Gasteiger partial charge is 0.303 e. The Morgan fingerprint density at radius 1 is 1.11 bits per heavy atom. The molecule has 0 unspecified atom stereocenters. The van der Waals surface area contributed by atoms with Gasteiger partial charge in [-0.25, -0.2) is 0 Å². The van der Waals surface area contributed by atoms with Crippen molar-refractivity contribution in [2.75, 3.05) is 26.3 Å². The van der Waals surface area contributed by atoms with Gasteiger partial charge in [0.1, 0.15) is 0 Å². The third-order valence-electron chi connectivity index (χ3n) is 1.39. The zero-order chi connectivity index (χ0) is 15.7. The second-order valence-corrected chi connectivity index (χ2v) is 3.25. The second kappa shape index (κ2) is 18.7. The van der Waals surface area contributed by atoms with E-state index in [9.17, 15) is 9.59 Å².